The van der Waals surface area contributed by atoms with Gasteiger partial charge in [0.05, 0.1) is 0 Å². The van der Waals surface area contributed by atoms with Crippen molar-refractivity contribution in [2.24, 2.45) is 0 Å². The molecular formula is C6H10BNO. The Morgan fingerprint density at radius 3 is 2.78 bits per heavy atom. The second-order valence-corrected chi connectivity index (χ2v) is 2.20. The zero-order valence-electron chi connectivity index (χ0n) is 5.61. The molecule has 1 rings (SSSR count). The second kappa shape index (κ2) is 2.71. The van der Waals surface area contributed by atoms with E-state index in [1.54, 1.807) is 0 Å². The van der Waals surface area contributed by atoms with Crippen LogP contribution in [-0.4, -0.2) is 13.7 Å². The highest BCUT2D eigenvalue weighted by molar-refractivity contribution is 6.44. The van der Waals surface area contributed by atoms with Gasteiger partial charge >= 0.3 is 0 Å². The summed E-state index contributed by atoms with van der Waals surface area (Å²) >= 11 is 0. The number of carbonyl (C=O) groups is 1. The van der Waals surface area contributed by atoms with E-state index in [1.807, 2.05) is 0 Å². The minimum absolute atomic E-state index is 0.754. The number of amides is 1. The number of carbonyl (C=O) groups excluding carboxylic acids is 1. The minimum Gasteiger partial charge on any atom is -0.333 e. The predicted octanol–water partition coefficient (Wildman–Crippen LogP) is 0.222. The highest BCUT2D eigenvalue weighted by Crippen LogP contribution is 2.23. The first-order chi connectivity index (χ1) is 4.38. The Morgan fingerprint density at radius 2 is 2.44 bits per heavy atom. The van der Waals surface area contributed by atoms with Gasteiger partial charge in [-0.2, -0.15) is 0 Å². The fourth-order valence-corrected chi connectivity index (χ4v) is 1.06. The maximum absolute atomic E-state index is 9.92. The van der Waals surface area contributed by atoms with Crippen molar-refractivity contribution in [1.29, 1.82) is 0 Å². The monoisotopic (exact) mass is 123 g/mol. The summed E-state index contributed by atoms with van der Waals surface area (Å²) in [6.07, 6.45) is 2.98. The maximum atomic E-state index is 9.92. The molecule has 0 spiro atoms. The lowest BCUT2D eigenvalue weighted by atomic mass is 9.64. The molecule has 1 N–H and O–H groups in total. The summed E-state index contributed by atoms with van der Waals surface area (Å²) in [6.45, 7) is 2.11. The van der Waals surface area contributed by atoms with Crippen molar-refractivity contribution in [3.8, 4) is 0 Å². The van der Waals surface area contributed by atoms with E-state index in [4.69, 9.17) is 0 Å². The molecule has 1 amide bonds. The predicted molar refractivity (Wildman–Crippen MR) is 38.5 cm³/mol. The lowest BCUT2D eigenvalue weighted by Gasteiger charge is -2.21. The Balaban J connectivity index is 2.47. The van der Waals surface area contributed by atoms with E-state index in [0.717, 1.165) is 25.8 Å². The molecule has 0 heterocycles. The number of hydrogen-bond donors (Lipinski definition) is 1. The Morgan fingerprint density at radius 1 is 1.67 bits per heavy atom. The fraction of sp³-hybridized carbons (Fsp3) is 0.500. The molecule has 0 aromatic rings. The van der Waals surface area contributed by atoms with Gasteiger partial charge in [-0.15, -0.1) is 0 Å². The summed E-state index contributed by atoms with van der Waals surface area (Å²) in [5.74, 6) is 0. The Bertz CT molecular complexity index is 153. The number of allylic oxidation sites excluding steroid dienone is 2. The first kappa shape index (κ1) is 6.40. The highest BCUT2D eigenvalue weighted by Gasteiger charge is 2.13. The van der Waals surface area contributed by atoms with Gasteiger partial charge in [0.1, 0.15) is 0 Å². The standard InChI is InChI=1S/C6H10BNO/c1-7-5-2-3-6(5)8-4-9/h4,7H,2-3H2,1H3,(H,8,9). The molecule has 0 aliphatic heterocycles. The molecule has 48 valence electrons. The summed E-state index contributed by atoms with van der Waals surface area (Å²) in [6, 6.07) is 0. The van der Waals surface area contributed by atoms with Crippen LogP contribution in [0.1, 0.15) is 12.8 Å². The lowest BCUT2D eigenvalue weighted by Crippen LogP contribution is -2.21. The Hall–Kier alpha value is -0.725. The minimum atomic E-state index is 0.754. The van der Waals surface area contributed by atoms with E-state index >= 15 is 0 Å². The summed E-state index contributed by atoms with van der Waals surface area (Å²) in [4.78, 5) is 9.92. The van der Waals surface area contributed by atoms with Crippen molar-refractivity contribution in [2.45, 2.75) is 19.7 Å². The van der Waals surface area contributed by atoms with Crippen LogP contribution in [0.15, 0.2) is 11.2 Å². The van der Waals surface area contributed by atoms with Crippen LogP contribution in [0.25, 0.3) is 0 Å². The molecule has 2 nitrogen and oxygen atoms in total. The van der Waals surface area contributed by atoms with Gasteiger partial charge in [0.15, 0.2) is 7.28 Å². The van der Waals surface area contributed by atoms with E-state index in [0.29, 0.717) is 0 Å². The van der Waals surface area contributed by atoms with Crippen LogP contribution in [0.5, 0.6) is 0 Å². The van der Waals surface area contributed by atoms with Crippen molar-refractivity contribution in [3.05, 3.63) is 11.2 Å². The molecule has 0 fully saturated rings. The summed E-state index contributed by atoms with van der Waals surface area (Å²) < 4.78 is 0. The van der Waals surface area contributed by atoms with E-state index in [-0.39, 0.29) is 0 Å². The van der Waals surface area contributed by atoms with Gasteiger partial charge in [-0.1, -0.05) is 12.3 Å². The molecule has 1 aliphatic carbocycles. The Kier molecular flexibility index (Phi) is 1.93. The molecule has 9 heavy (non-hydrogen) atoms. The average Bonchev–Trinajstić information content (AvgIpc) is 1.82. The normalized spacial score (nSPS) is 16.6. The van der Waals surface area contributed by atoms with Gasteiger partial charge in [0.25, 0.3) is 0 Å². The van der Waals surface area contributed by atoms with E-state index in [2.05, 4.69) is 12.1 Å². The van der Waals surface area contributed by atoms with Crippen LogP contribution in [0, 0.1) is 0 Å². The van der Waals surface area contributed by atoms with Gasteiger partial charge in [0.2, 0.25) is 6.41 Å². The van der Waals surface area contributed by atoms with Crippen LogP contribution in [-0.2, 0) is 4.79 Å². The maximum Gasteiger partial charge on any atom is 0.211 e. The SMILES string of the molecule is CBC1=C(NC=O)CC1. The summed E-state index contributed by atoms with van der Waals surface area (Å²) in [5, 5.41) is 2.68. The molecule has 0 atom stereocenters. The smallest absolute Gasteiger partial charge is 0.211 e. The number of rotatable bonds is 3. The topological polar surface area (TPSA) is 29.1 Å². The highest BCUT2D eigenvalue weighted by atomic mass is 16.1. The first-order valence-corrected chi connectivity index (χ1v) is 3.29. The van der Waals surface area contributed by atoms with Gasteiger partial charge in [-0.05, 0) is 12.8 Å². The Labute approximate surface area is 55.6 Å². The number of nitrogens with one attached hydrogen (secondary N) is 1. The molecule has 0 unspecified atom stereocenters. The molecule has 1 aliphatic rings. The molecule has 0 saturated carbocycles. The van der Waals surface area contributed by atoms with Crippen molar-refractivity contribution in [2.75, 3.05) is 0 Å². The van der Waals surface area contributed by atoms with Crippen LogP contribution in [0.2, 0.25) is 6.82 Å². The molecule has 0 aromatic carbocycles. The summed E-state index contributed by atoms with van der Waals surface area (Å²) in [5.41, 5.74) is 2.55. The van der Waals surface area contributed by atoms with Crippen molar-refractivity contribution in [1.82, 2.24) is 5.32 Å². The first-order valence-electron chi connectivity index (χ1n) is 3.29. The van der Waals surface area contributed by atoms with Gasteiger partial charge in [-0.25, -0.2) is 0 Å². The lowest BCUT2D eigenvalue weighted by molar-refractivity contribution is -0.109. The van der Waals surface area contributed by atoms with Crippen molar-refractivity contribution < 1.29 is 4.79 Å². The zero-order chi connectivity index (χ0) is 6.69. The van der Waals surface area contributed by atoms with E-state index in [1.165, 1.54) is 11.9 Å². The summed E-state index contributed by atoms with van der Waals surface area (Å²) in [7, 11) is 1.08. The zero-order valence-corrected chi connectivity index (χ0v) is 5.61. The van der Waals surface area contributed by atoms with Gasteiger partial charge in [-0.3, -0.25) is 4.79 Å². The van der Waals surface area contributed by atoms with Gasteiger partial charge in [0, 0.05) is 5.70 Å². The van der Waals surface area contributed by atoms with Crippen molar-refractivity contribution >= 4 is 13.7 Å². The van der Waals surface area contributed by atoms with Crippen LogP contribution >= 0.6 is 0 Å². The van der Waals surface area contributed by atoms with Crippen LogP contribution < -0.4 is 5.32 Å². The molecule has 0 bridgehead atoms. The molecule has 0 radical (unpaired) electrons. The fourth-order valence-electron chi connectivity index (χ4n) is 1.06. The van der Waals surface area contributed by atoms with Gasteiger partial charge < -0.3 is 5.32 Å². The largest absolute Gasteiger partial charge is 0.333 e. The van der Waals surface area contributed by atoms with E-state index in [9.17, 15) is 4.79 Å². The van der Waals surface area contributed by atoms with Crippen LogP contribution in [0.3, 0.4) is 0 Å². The molecule has 0 saturated heterocycles. The quantitative estimate of drug-likeness (QED) is 0.422. The third-order valence-electron chi connectivity index (χ3n) is 1.76. The second-order valence-electron chi connectivity index (χ2n) is 2.20. The third-order valence-corrected chi connectivity index (χ3v) is 1.76. The third kappa shape index (κ3) is 1.15. The van der Waals surface area contributed by atoms with E-state index < -0.39 is 0 Å². The molecule has 3 heteroatoms. The molecular weight excluding hydrogens is 113 g/mol. The van der Waals surface area contributed by atoms with Crippen molar-refractivity contribution in [3.63, 3.8) is 0 Å². The average molecular weight is 123 g/mol. The van der Waals surface area contributed by atoms with Crippen LogP contribution in [0.4, 0.5) is 0 Å². The number of hydrogen-bond acceptors (Lipinski definition) is 1. The molecule has 0 aromatic heterocycles.